The number of thiophene rings is 1. The molecule has 1 saturated heterocycles. The maximum atomic E-state index is 12.6. The van der Waals surface area contributed by atoms with Gasteiger partial charge in [-0.3, -0.25) is 14.6 Å². The number of hydrogen-bond donors (Lipinski definition) is 1. The standard InChI is InChI=1S/C20H34N4O3S/c1-16(12-21-19(26)27-20(2,3)4)22(5)14-18(25)24-9-7-23(8-10-24)13-17-6-11-28-15-17/h6,11,15-16H,7-10,12-14H2,1-5H3,(H,21,26). The quantitative estimate of drug-likeness (QED) is 0.747. The van der Waals surface area contributed by atoms with Crippen LogP contribution in [0, 0.1) is 0 Å². The lowest BCUT2D eigenvalue weighted by atomic mass is 10.2. The van der Waals surface area contributed by atoms with E-state index in [2.05, 4.69) is 27.0 Å². The third-order valence-electron chi connectivity index (χ3n) is 4.79. The van der Waals surface area contributed by atoms with Crippen LogP contribution >= 0.6 is 11.3 Å². The summed E-state index contributed by atoms with van der Waals surface area (Å²) < 4.78 is 5.24. The Bertz CT molecular complexity index is 622. The van der Waals surface area contributed by atoms with Crippen molar-refractivity contribution in [1.82, 2.24) is 20.0 Å². The predicted octanol–water partition coefficient (Wildman–Crippen LogP) is 2.24. The van der Waals surface area contributed by atoms with Gasteiger partial charge in [0.2, 0.25) is 5.91 Å². The number of carbonyl (C=O) groups excluding carboxylic acids is 2. The van der Waals surface area contributed by atoms with Crippen LogP contribution in [0.2, 0.25) is 0 Å². The van der Waals surface area contributed by atoms with E-state index in [1.54, 1.807) is 11.3 Å². The molecule has 0 aromatic carbocycles. The van der Waals surface area contributed by atoms with E-state index in [-0.39, 0.29) is 11.9 Å². The molecule has 1 fully saturated rings. The van der Waals surface area contributed by atoms with Gasteiger partial charge in [0.05, 0.1) is 6.54 Å². The minimum atomic E-state index is -0.513. The first kappa shape index (κ1) is 22.6. The summed E-state index contributed by atoms with van der Waals surface area (Å²) in [5.41, 5.74) is 0.830. The first-order valence-corrected chi connectivity index (χ1v) is 10.8. The van der Waals surface area contributed by atoms with Crippen LogP contribution in [0.5, 0.6) is 0 Å². The maximum Gasteiger partial charge on any atom is 0.407 e. The largest absolute Gasteiger partial charge is 0.444 e. The van der Waals surface area contributed by atoms with Gasteiger partial charge in [-0.15, -0.1) is 0 Å². The predicted molar refractivity (Wildman–Crippen MR) is 113 cm³/mol. The van der Waals surface area contributed by atoms with E-state index < -0.39 is 11.7 Å². The molecule has 2 rings (SSSR count). The highest BCUT2D eigenvalue weighted by molar-refractivity contribution is 7.07. The summed E-state index contributed by atoms with van der Waals surface area (Å²) in [5.74, 6) is 0.141. The van der Waals surface area contributed by atoms with E-state index in [1.165, 1.54) is 5.56 Å². The number of hydrogen-bond acceptors (Lipinski definition) is 6. The molecule has 1 unspecified atom stereocenters. The first-order chi connectivity index (χ1) is 13.1. The Kier molecular flexibility index (Phi) is 8.27. The fraction of sp³-hybridized carbons (Fsp3) is 0.700. The van der Waals surface area contributed by atoms with Gasteiger partial charge in [0.25, 0.3) is 0 Å². The van der Waals surface area contributed by atoms with E-state index >= 15 is 0 Å². The smallest absolute Gasteiger partial charge is 0.407 e. The molecule has 1 aromatic heterocycles. The molecule has 1 N–H and O–H groups in total. The molecular formula is C20H34N4O3S. The summed E-state index contributed by atoms with van der Waals surface area (Å²) in [6, 6.07) is 2.19. The Balaban J connectivity index is 1.68. The second kappa shape index (κ2) is 10.2. The normalized spacial score (nSPS) is 16.9. The van der Waals surface area contributed by atoms with Gasteiger partial charge in [-0.1, -0.05) is 0 Å². The molecule has 1 aliphatic rings. The van der Waals surface area contributed by atoms with Crippen molar-refractivity contribution in [2.24, 2.45) is 0 Å². The molecule has 0 saturated carbocycles. The molecule has 0 aliphatic carbocycles. The summed E-state index contributed by atoms with van der Waals surface area (Å²) in [4.78, 5) is 30.7. The number of nitrogens with zero attached hydrogens (tertiary/aromatic N) is 3. The molecule has 8 heteroatoms. The van der Waals surface area contributed by atoms with Gasteiger partial charge >= 0.3 is 6.09 Å². The molecule has 1 aliphatic heterocycles. The summed E-state index contributed by atoms with van der Waals surface area (Å²) >= 11 is 1.72. The second-order valence-corrected chi connectivity index (χ2v) is 9.22. The number of carbonyl (C=O) groups is 2. The Morgan fingerprint density at radius 2 is 1.96 bits per heavy atom. The number of piperazine rings is 1. The van der Waals surface area contributed by atoms with Crippen molar-refractivity contribution < 1.29 is 14.3 Å². The van der Waals surface area contributed by atoms with Crippen molar-refractivity contribution in [3.8, 4) is 0 Å². The minimum absolute atomic E-state index is 0.0383. The zero-order valence-electron chi connectivity index (χ0n) is 17.7. The van der Waals surface area contributed by atoms with E-state index in [1.807, 2.05) is 44.5 Å². The van der Waals surface area contributed by atoms with Crippen LogP contribution in [0.4, 0.5) is 4.79 Å². The zero-order valence-corrected chi connectivity index (χ0v) is 18.6. The lowest BCUT2D eigenvalue weighted by Crippen LogP contribution is -2.52. The van der Waals surface area contributed by atoms with Crippen LogP contribution in [0.1, 0.15) is 33.3 Å². The van der Waals surface area contributed by atoms with Crippen molar-refractivity contribution in [3.63, 3.8) is 0 Å². The van der Waals surface area contributed by atoms with Crippen LogP contribution < -0.4 is 5.32 Å². The van der Waals surface area contributed by atoms with E-state index in [0.717, 1.165) is 32.7 Å². The van der Waals surface area contributed by atoms with Gasteiger partial charge in [-0.2, -0.15) is 11.3 Å². The first-order valence-electron chi connectivity index (χ1n) is 9.82. The molecule has 1 atom stereocenters. The molecule has 0 bridgehead atoms. The number of alkyl carbamates (subject to hydrolysis) is 1. The monoisotopic (exact) mass is 410 g/mol. The van der Waals surface area contributed by atoms with Gasteiger partial charge in [0.1, 0.15) is 5.60 Å². The second-order valence-electron chi connectivity index (χ2n) is 8.44. The summed E-state index contributed by atoms with van der Waals surface area (Å²) in [5, 5.41) is 7.05. The van der Waals surface area contributed by atoms with Crippen molar-refractivity contribution in [3.05, 3.63) is 22.4 Å². The van der Waals surface area contributed by atoms with Crippen molar-refractivity contribution >= 4 is 23.3 Å². The van der Waals surface area contributed by atoms with Gasteiger partial charge < -0.3 is 15.0 Å². The molecule has 7 nitrogen and oxygen atoms in total. The van der Waals surface area contributed by atoms with Gasteiger partial charge in [0, 0.05) is 45.3 Å². The fourth-order valence-corrected chi connectivity index (χ4v) is 3.63. The summed E-state index contributed by atoms with van der Waals surface area (Å²) in [6.45, 7) is 12.6. The van der Waals surface area contributed by atoms with Gasteiger partial charge in [0.15, 0.2) is 0 Å². The number of likely N-dealkylation sites (N-methyl/N-ethyl adjacent to an activating group) is 1. The molecular weight excluding hydrogens is 376 g/mol. The van der Waals surface area contributed by atoms with Crippen LogP contribution in [0.3, 0.4) is 0 Å². The molecule has 2 amide bonds. The lowest BCUT2D eigenvalue weighted by molar-refractivity contribution is -0.134. The Labute approximate surface area is 172 Å². The van der Waals surface area contributed by atoms with Crippen LogP contribution in [-0.2, 0) is 16.1 Å². The third-order valence-corrected chi connectivity index (χ3v) is 5.52. The molecule has 158 valence electrons. The van der Waals surface area contributed by atoms with E-state index in [0.29, 0.717) is 13.1 Å². The fourth-order valence-electron chi connectivity index (χ4n) is 2.97. The average molecular weight is 411 g/mol. The topological polar surface area (TPSA) is 65.1 Å². The van der Waals surface area contributed by atoms with E-state index in [9.17, 15) is 9.59 Å². The van der Waals surface area contributed by atoms with E-state index in [4.69, 9.17) is 4.74 Å². The zero-order chi connectivity index (χ0) is 20.7. The van der Waals surface area contributed by atoms with Crippen molar-refractivity contribution in [2.75, 3.05) is 46.3 Å². The van der Waals surface area contributed by atoms with Crippen LogP contribution in [0.15, 0.2) is 16.8 Å². The summed E-state index contributed by atoms with van der Waals surface area (Å²) in [6.07, 6.45) is -0.430. The van der Waals surface area contributed by atoms with Crippen molar-refractivity contribution in [1.29, 1.82) is 0 Å². The third kappa shape index (κ3) is 7.77. The number of rotatable bonds is 7. The highest BCUT2D eigenvalue weighted by Gasteiger charge is 2.24. The van der Waals surface area contributed by atoms with Gasteiger partial charge in [-0.25, -0.2) is 4.79 Å². The van der Waals surface area contributed by atoms with Crippen molar-refractivity contribution in [2.45, 2.75) is 45.9 Å². The SMILES string of the molecule is CC(CNC(=O)OC(C)(C)C)N(C)CC(=O)N1CCN(Cc2ccsc2)CC1. The highest BCUT2D eigenvalue weighted by Crippen LogP contribution is 2.12. The molecule has 0 spiro atoms. The molecule has 0 radical (unpaired) electrons. The minimum Gasteiger partial charge on any atom is -0.444 e. The number of amides is 2. The summed E-state index contributed by atoms with van der Waals surface area (Å²) in [7, 11) is 1.91. The molecule has 28 heavy (non-hydrogen) atoms. The van der Waals surface area contributed by atoms with Crippen LogP contribution in [-0.4, -0.2) is 84.7 Å². The lowest BCUT2D eigenvalue weighted by Gasteiger charge is -2.36. The Hall–Kier alpha value is -1.64. The Morgan fingerprint density at radius 1 is 1.29 bits per heavy atom. The molecule has 2 heterocycles. The number of nitrogens with one attached hydrogen (secondary N) is 1. The molecule has 1 aromatic rings. The Morgan fingerprint density at radius 3 is 2.54 bits per heavy atom. The number of ether oxygens (including phenoxy) is 1. The van der Waals surface area contributed by atoms with Crippen LogP contribution in [0.25, 0.3) is 0 Å². The maximum absolute atomic E-state index is 12.6. The highest BCUT2D eigenvalue weighted by atomic mass is 32.1. The van der Waals surface area contributed by atoms with Gasteiger partial charge in [-0.05, 0) is 57.1 Å². The average Bonchev–Trinajstić information content (AvgIpc) is 3.11.